The molecule has 0 radical (unpaired) electrons. The third kappa shape index (κ3) is 4.60. The molecule has 3 aromatic rings. The highest BCUT2D eigenvalue weighted by atomic mass is 16.6. The molecule has 4 rings (SSSR count). The Morgan fingerprint density at radius 1 is 1.12 bits per heavy atom. The number of carbonyl (C=O) groups excluding carboxylic acids is 1. The number of phenolic OH excluding ortho intramolecular Hbond substituents is 1. The lowest BCUT2D eigenvalue weighted by Crippen LogP contribution is -2.29. The molecule has 1 saturated heterocycles. The average molecular weight is 460 g/mol. The van der Waals surface area contributed by atoms with Crippen LogP contribution in [0.4, 0.5) is 5.69 Å². The van der Waals surface area contributed by atoms with Gasteiger partial charge in [-0.3, -0.25) is 19.8 Å². The standard InChI is InChI=1S/C25H24N4O5/c1-17(19-11-13-20(14-12-19)29(32)33)26-28-23(30)16-27(15-18-7-4-3-5-8-18)25(28)21-9-6-10-22(34-2)24(21)31/h3-14,25,31H,15-16H2,1-2H3/b26-17-/t25-/m1/s1. The number of nitrogens with zero attached hydrogens (tertiary/aromatic N) is 4. The van der Waals surface area contributed by atoms with E-state index in [1.807, 2.05) is 35.2 Å². The number of hydrogen-bond acceptors (Lipinski definition) is 7. The van der Waals surface area contributed by atoms with E-state index in [1.54, 1.807) is 37.3 Å². The molecule has 0 aromatic heterocycles. The number of ether oxygens (including phenoxy) is 1. The van der Waals surface area contributed by atoms with Crippen LogP contribution in [-0.4, -0.2) is 45.2 Å². The summed E-state index contributed by atoms with van der Waals surface area (Å²) in [5.74, 6) is 0.00731. The largest absolute Gasteiger partial charge is 0.504 e. The predicted molar refractivity (Wildman–Crippen MR) is 126 cm³/mol. The van der Waals surface area contributed by atoms with Crippen LogP contribution in [0.3, 0.4) is 0 Å². The molecule has 174 valence electrons. The molecule has 3 aromatic carbocycles. The molecule has 1 fully saturated rings. The van der Waals surface area contributed by atoms with Gasteiger partial charge in [0.1, 0.15) is 6.17 Å². The van der Waals surface area contributed by atoms with E-state index in [-0.39, 0.29) is 23.9 Å². The number of nitro benzene ring substituents is 1. The number of non-ortho nitro benzene ring substituents is 1. The van der Waals surface area contributed by atoms with E-state index in [4.69, 9.17) is 4.74 Å². The number of aromatic hydroxyl groups is 1. The van der Waals surface area contributed by atoms with Crippen molar-refractivity contribution in [3.8, 4) is 11.5 Å². The van der Waals surface area contributed by atoms with Crippen molar-refractivity contribution in [2.75, 3.05) is 13.7 Å². The van der Waals surface area contributed by atoms with E-state index < -0.39 is 11.1 Å². The number of hydrogen-bond donors (Lipinski definition) is 1. The zero-order valence-corrected chi connectivity index (χ0v) is 18.8. The molecule has 1 aliphatic heterocycles. The molecule has 1 atom stereocenters. The Morgan fingerprint density at radius 2 is 1.82 bits per heavy atom. The van der Waals surface area contributed by atoms with Gasteiger partial charge in [0, 0.05) is 24.2 Å². The van der Waals surface area contributed by atoms with Gasteiger partial charge in [-0.25, -0.2) is 5.01 Å². The summed E-state index contributed by atoms with van der Waals surface area (Å²) in [6.45, 7) is 2.31. The SMILES string of the molecule is COc1cccc([C@@H]2N(Cc3ccccc3)CC(=O)N2/N=C(/C)c2ccc([N+](=O)[O-])cc2)c1O. The summed E-state index contributed by atoms with van der Waals surface area (Å²) in [5.41, 5.74) is 2.63. The number of para-hydroxylation sites is 1. The van der Waals surface area contributed by atoms with Gasteiger partial charge in [-0.2, -0.15) is 5.10 Å². The molecule has 0 spiro atoms. The second-order valence-corrected chi connectivity index (χ2v) is 7.89. The van der Waals surface area contributed by atoms with Crippen molar-refractivity contribution >= 4 is 17.3 Å². The normalized spacial score (nSPS) is 16.6. The molecule has 9 heteroatoms. The highest BCUT2D eigenvalue weighted by Gasteiger charge is 2.41. The third-order valence-corrected chi connectivity index (χ3v) is 5.68. The average Bonchev–Trinajstić information content (AvgIpc) is 3.14. The van der Waals surface area contributed by atoms with E-state index in [9.17, 15) is 20.0 Å². The van der Waals surface area contributed by atoms with Crippen molar-refractivity contribution in [2.24, 2.45) is 5.10 Å². The van der Waals surface area contributed by atoms with Crippen LogP contribution in [0.25, 0.3) is 0 Å². The fraction of sp³-hybridized carbons (Fsp3) is 0.200. The van der Waals surface area contributed by atoms with Gasteiger partial charge in [-0.1, -0.05) is 42.5 Å². The van der Waals surface area contributed by atoms with Crippen LogP contribution >= 0.6 is 0 Å². The van der Waals surface area contributed by atoms with Crippen LogP contribution in [0.5, 0.6) is 11.5 Å². The molecule has 9 nitrogen and oxygen atoms in total. The Balaban J connectivity index is 1.74. The van der Waals surface area contributed by atoms with Crippen LogP contribution < -0.4 is 4.74 Å². The summed E-state index contributed by atoms with van der Waals surface area (Å²) < 4.78 is 5.28. The molecule has 1 amide bonds. The Morgan fingerprint density at radius 3 is 2.47 bits per heavy atom. The summed E-state index contributed by atoms with van der Waals surface area (Å²) in [7, 11) is 1.47. The number of rotatable bonds is 7. The number of phenols is 1. The lowest BCUT2D eigenvalue weighted by Gasteiger charge is -2.28. The van der Waals surface area contributed by atoms with E-state index in [0.717, 1.165) is 5.56 Å². The van der Waals surface area contributed by atoms with Gasteiger partial charge in [0.05, 0.1) is 24.3 Å². The van der Waals surface area contributed by atoms with Crippen molar-refractivity contribution in [2.45, 2.75) is 19.6 Å². The Kier molecular flexibility index (Phi) is 6.55. The third-order valence-electron chi connectivity index (χ3n) is 5.68. The fourth-order valence-electron chi connectivity index (χ4n) is 3.98. The number of benzene rings is 3. The van der Waals surface area contributed by atoms with Crippen molar-refractivity contribution < 1.29 is 19.6 Å². The first-order valence-corrected chi connectivity index (χ1v) is 10.6. The van der Waals surface area contributed by atoms with Gasteiger partial charge in [-0.15, -0.1) is 0 Å². The van der Waals surface area contributed by atoms with Crippen LogP contribution in [0.15, 0.2) is 77.9 Å². The molecule has 0 unspecified atom stereocenters. The summed E-state index contributed by atoms with van der Waals surface area (Å²) >= 11 is 0. The Hall–Kier alpha value is -4.24. The van der Waals surface area contributed by atoms with Gasteiger partial charge >= 0.3 is 0 Å². The molecule has 0 bridgehead atoms. The van der Waals surface area contributed by atoms with Crippen LogP contribution in [0.2, 0.25) is 0 Å². The Bertz CT molecular complexity index is 1230. The topological polar surface area (TPSA) is 109 Å². The first kappa shape index (κ1) is 22.9. The Labute approximate surface area is 196 Å². The first-order valence-electron chi connectivity index (χ1n) is 10.6. The number of amides is 1. The summed E-state index contributed by atoms with van der Waals surface area (Å²) in [4.78, 5) is 25.5. The van der Waals surface area contributed by atoms with E-state index in [0.29, 0.717) is 29.1 Å². The van der Waals surface area contributed by atoms with Crippen LogP contribution in [0, 0.1) is 10.1 Å². The summed E-state index contributed by atoms with van der Waals surface area (Å²) in [6.07, 6.45) is -0.671. The van der Waals surface area contributed by atoms with Crippen LogP contribution in [-0.2, 0) is 11.3 Å². The predicted octanol–water partition coefficient (Wildman–Crippen LogP) is 4.08. The molecule has 1 aliphatic rings. The smallest absolute Gasteiger partial charge is 0.269 e. The van der Waals surface area contributed by atoms with Crippen molar-refractivity contribution in [3.63, 3.8) is 0 Å². The lowest BCUT2D eigenvalue weighted by molar-refractivity contribution is -0.384. The van der Waals surface area contributed by atoms with Gasteiger partial charge in [0.25, 0.3) is 11.6 Å². The monoisotopic (exact) mass is 460 g/mol. The number of nitro groups is 1. The maximum absolute atomic E-state index is 13.1. The molecule has 0 saturated carbocycles. The minimum Gasteiger partial charge on any atom is -0.504 e. The number of hydrazone groups is 1. The minimum absolute atomic E-state index is 0.0259. The van der Waals surface area contributed by atoms with Gasteiger partial charge in [-0.05, 0) is 36.2 Å². The first-order chi connectivity index (χ1) is 16.4. The highest BCUT2D eigenvalue weighted by Crippen LogP contribution is 2.41. The molecule has 1 heterocycles. The van der Waals surface area contributed by atoms with Gasteiger partial charge in [0.2, 0.25) is 0 Å². The highest BCUT2D eigenvalue weighted by molar-refractivity contribution is 5.99. The fourth-order valence-corrected chi connectivity index (χ4v) is 3.98. The summed E-state index contributed by atoms with van der Waals surface area (Å²) in [5, 5.41) is 27.8. The lowest BCUT2D eigenvalue weighted by atomic mass is 10.1. The second-order valence-electron chi connectivity index (χ2n) is 7.89. The zero-order valence-electron chi connectivity index (χ0n) is 18.8. The molecule has 1 N–H and O–H groups in total. The molecular formula is C25H24N4O5. The molecular weight excluding hydrogens is 436 g/mol. The number of methoxy groups -OCH3 is 1. The maximum atomic E-state index is 13.1. The summed E-state index contributed by atoms with van der Waals surface area (Å²) in [6, 6.07) is 20.9. The van der Waals surface area contributed by atoms with Crippen molar-refractivity contribution in [1.29, 1.82) is 0 Å². The second kappa shape index (κ2) is 9.72. The van der Waals surface area contributed by atoms with Crippen LogP contribution in [0.1, 0.15) is 29.8 Å². The molecule has 34 heavy (non-hydrogen) atoms. The quantitative estimate of drug-likeness (QED) is 0.323. The zero-order chi connectivity index (χ0) is 24.2. The minimum atomic E-state index is -0.671. The van der Waals surface area contributed by atoms with Gasteiger partial charge < -0.3 is 9.84 Å². The van der Waals surface area contributed by atoms with E-state index in [2.05, 4.69) is 5.10 Å². The van der Waals surface area contributed by atoms with Crippen molar-refractivity contribution in [3.05, 3.63) is 99.6 Å². The van der Waals surface area contributed by atoms with Gasteiger partial charge in [0.15, 0.2) is 11.5 Å². The maximum Gasteiger partial charge on any atom is 0.269 e. The van der Waals surface area contributed by atoms with E-state index >= 15 is 0 Å². The molecule has 0 aliphatic carbocycles. The van der Waals surface area contributed by atoms with E-state index in [1.165, 1.54) is 24.3 Å². The number of carbonyl (C=O) groups is 1. The van der Waals surface area contributed by atoms with Crippen molar-refractivity contribution in [1.82, 2.24) is 9.91 Å².